The van der Waals surface area contributed by atoms with E-state index < -0.39 is 12.3 Å². The molecule has 0 heterocycles. The van der Waals surface area contributed by atoms with Crippen LogP contribution in [0.4, 0.5) is 4.79 Å². The fraction of sp³-hybridized carbons (Fsp3) is 0.714. The van der Waals surface area contributed by atoms with Crippen LogP contribution in [-0.2, 0) is 4.74 Å². The Morgan fingerprint density at radius 1 is 1.73 bits per heavy atom. The van der Waals surface area contributed by atoms with Crippen molar-refractivity contribution in [2.45, 2.75) is 20.0 Å². The highest BCUT2D eigenvalue weighted by Gasteiger charge is 2.61. The second-order valence-corrected chi connectivity index (χ2v) is 3.23. The van der Waals surface area contributed by atoms with Crippen molar-refractivity contribution in [1.29, 1.82) is 5.26 Å². The largest absolute Gasteiger partial charge is 0.506 e. The average Bonchev–Trinajstić information content (AvgIpc) is 2.33. The Bertz CT molecular complexity index is 228. The van der Waals surface area contributed by atoms with Crippen LogP contribution in [0, 0.1) is 22.7 Å². The van der Waals surface area contributed by atoms with Crippen LogP contribution >= 0.6 is 0 Å². The molecule has 0 bridgehead atoms. The van der Waals surface area contributed by atoms with Gasteiger partial charge in [0.05, 0.1) is 12.0 Å². The zero-order valence-electron chi connectivity index (χ0n) is 6.37. The summed E-state index contributed by atoms with van der Waals surface area (Å²) in [6.45, 7) is 3.63. The first-order valence-electron chi connectivity index (χ1n) is 3.29. The van der Waals surface area contributed by atoms with Crippen molar-refractivity contribution in [1.82, 2.24) is 0 Å². The summed E-state index contributed by atoms with van der Waals surface area (Å²) in [6.07, 6.45) is -1.74. The van der Waals surface area contributed by atoms with Crippen LogP contribution in [-0.4, -0.2) is 17.4 Å². The SMILES string of the molecule is CC1(C)C(C#N)C1OC(=O)O. The first-order valence-corrected chi connectivity index (χ1v) is 3.29. The molecule has 11 heavy (non-hydrogen) atoms. The minimum atomic E-state index is -1.30. The third-order valence-corrected chi connectivity index (χ3v) is 2.10. The molecule has 1 aliphatic rings. The topological polar surface area (TPSA) is 70.3 Å². The predicted octanol–water partition coefficient (Wildman–Crippen LogP) is 1.23. The molecule has 1 N–H and O–H groups in total. The van der Waals surface area contributed by atoms with E-state index in [-0.39, 0.29) is 11.3 Å². The number of nitriles is 1. The molecule has 1 fully saturated rings. The molecule has 0 saturated heterocycles. The van der Waals surface area contributed by atoms with Gasteiger partial charge in [-0.2, -0.15) is 5.26 Å². The quantitative estimate of drug-likeness (QED) is 0.578. The Morgan fingerprint density at radius 3 is 2.55 bits per heavy atom. The van der Waals surface area contributed by atoms with Gasteiger partial charge in [0.25, 0.3) is 0 Å². The van der Waals surface area contributed by atoms with E-state index in [0.717, 1.165) is 0 Å². The van der Waals surface area contributed by atoms with Crippen LogP contribution in [0.5, 0.6) is 0 Å². The molecule has 1 saturated carbocycles. The zero-order valence-corrected chi connectivity index (χ0v) is 6.37. The van der Waals surface area contributed by atoms with E-state index in [4.69, 9.17) is 10.4 Å². The van der Waals surface area contributed by atoms with Crippen LogP contribution in [0.1, 0.15) is 13.8 Å². The van der Waals surface area contributed by atoms with Crippen LogP contribution in [0.3, 0.4) is 0 Å². The molecule has 2 unspecified atom stereocenters. The van der Waals surface area contributed by atoms with Crippen LogP contribution in [0.15, 0.2) is 0 Å². The van der Waals surface area contributed by atoms with E-state index in [2.05, 4.69) is 4.74 Å². The molecule has 0 aromatic rings. The van der Waals surface area contributed by atoms with E-state index >= 15 is 0 Å². The summed E-state index contributed by atoms with van der Waals surface area (Å²) in [5.74, 6) is -0.279. The van der Waals surface area contributed by atoms with Crippen molar-refractivity contribution >= 4 is 6.16 Å². The second kappa shape index (κ2) is 2.12. The summed E-state index contributed by atoms with van der Waals surface area (Å²) in [5, 5.41) is 16.7. The maximum absolute atomic E-state index is 10.1. The molecule has 1 aliphatic carbocycles. The highest BCUT2D eigenvalue weighted by Crippen LogP contribution is 2.53. The number of carbonyl (C=O) groups is 1. The molecule has 4 heteroatoms. The summed E-state index contributed by atoms with van der Waals surface area (Å²) in [7, 11) is 0. The lowest BCUT2D eigenvalue weighted by molar-refractivity contribution is 0.0734. The van der Waals surface area contributed by atoms with Gasteiger partial charge in [-0.3, -0.25) is 0 Å². The molecule has 0 amide bonds. The van der Waals surface area contributed by atoms with Gasteiger partial charge in [-0.25, -0.2) is 4.79 Å². The summed E-state index contributed by atoms with van der Waals surface area (Å²) >= 11 is 0. The lowest BCUT2D eigenvalue weighted by Gasteiger charge is -1.99. The highest BCUT2D eigenvalue weighted by atomic mass is 16.7. The molecule has 0 radical (unpaired) electrons. The van der Waals surface area contributed by atoms with Crippen molar-refractivity contribution in [3.8, 4) is 6.07 Å². The number of hydrogen-bond acceptors (Lipinski definition) is 3. The standard InChI is InChI=1S/C7H9NO3/c1-7(2)4(3-8)5(7)11-6(9)10/h4-5H,1-2H3,(H,9,10). The molecule has 0 aromatic carbocycles. The summed E-state index contributed by atoms with van der Waals surface area (Å²) in [6, 6.07) is 2.00. The first kappa shape index (κ1) is 7.86. The first-order chi connectivity index (χ1) is 5.00. The molecule has 1 rings (SSSR count). The smallest absolute Gasteiger partial charge is 0.450 e. The molecular formula is C7H9NO3. The van der Waals surface area contributed by atoms with E-state index in [1.54, 1.807) is 0 Å². The summed E-state index contributed by atoms with van der Waals surface area (Å²) in [5.41, 5.74) is -0.298. The number of rotatable bonds is 1. The Labute approximate surface area is 64.4 Å². The number of carboxylic acid groups (broad SMARTS) is 1. The highest BCUT2D eigenvalue weighted by molar-refractivity contribution is 5.58. The molecule has 0 aliphatic heterocycles. The Hall–Kier alpha value is -1.24. The van der Waals surface area contributed by atoms with Crippen LogP contribution < -0.4 is 0 Å². The number of hydrogen-bond donors (Lipinski definition) is 1. The molecule has 60 valence electrons. The van der Waals surface area contributed by atoms with Crippen molar-refractivity contribution < 1.29 is 14.6 Å². The van der Waals surface area contributed by atoms with Gasteiger partial charge in [0.15, 0.2) is 0 Å². The maximum atomic E-state index is 10.1. The molecular weight excluding hydrogens is 146 g/mol. The van der Waals surface area contributed by atoms with Gasteiger partial charge in [-0.05, 0) is 0 Å². The lowest BCUT2D eigenvalue weighted by atomic mass is 10.1. The van der Waals surface area contributed by atoms with E-state index in [9.17, 15) is 4.79 Å². The Balaban J connectivity index is 2.54. The third-order valence-electron chi connectivity index (χ3n) is 2.10. The van der Waals surface area contributed by atoms with E-state index in [1.165, 1.54) is 0 Å². The van der Waals surface area contributed by atoms with Crippen molar-refractivity contribution in [2.24, 2.45) is 11.3 Å². The van der Waals surface area contributed by atoms with Gasteiger partial charge in [0.1, 0.15) is 6.10 Å². The molecule has 2 atom stereocenters. The van der Waals surface area contributed by atoms with Gasteiger partial charge < -0.3 is 9.84 Å². The molecule has 0 aromatic heterocycles. The minimum absolute atomic E-state index is 0.279. The van der Waals surface area contributed by atoms with Gasteiger partial charge in [0.2, 0.25) is 0 Å². The maximum Gasteiger partial charge on any atom is 0.506 e. The zero-order chi connectivity index (χ0) is 8.65. The van der Waals surface area contributed by atoms with E-state index in [1.807, 2.05) is 19.9 Å². The Kier molecular flexibility index (Phi) is 1.52. The molecule has 4 nitrogen and oxygen atoms in total. The van der Waals surface area contributed by atoms with Gasteiger partial charge in [-0.1, -0.05) is 13.8 Å². The summed E-state index contributed by atoms with van der Waals surface area (Å²) in [4.78, 5) is 10.1. The fourth-order valence-corrected chi connectivity index (χ4v) is 1.15. The van der Waals surface area contributed by atoms with Crippen LogP contribution in [0.2, 0.25) is 0 Å². The predicted molar refractivity (Wildman–Crippen MR) is 35.8 cm³/mol. The summed E-state index contributed by atoms with van der Waals surface area (Å²) < 4.78 is 4.47. The van der Waals surface area contributed by atoms with E-state index in [0.29, 0.717) is 0 Å². The number of ether oxygens (including phenoxy) is 1. The monoisotopic (exact) mass is 155 g/mol. The van der Waals surface area contributed by atoms with Crippen molar-refractivity contribution in [2.75, 3.05) is 0 Å². The van der Waals surface area contributed by atoms with Gasteiger partial charge in [-0.15, -0.1) is 0 Å². The normalized spacial score (nSPS) is 32.1. The molecule has 0 spiro atoms. The van der Waals surface area contributed by atoms with Crippen molar-refractivity contribution in [3.05, 3.63) is 0 Å². The number of nitrogens with zero attached hydrogens (tertiary/aromatic N) is 1. The average molecular weight is 155 g/mol. The minimum Gasteiger partial charge on any atom is -0.450 e. The van der Waals surface area contributed by atoms with Gasteiger partial charge in [0, 0.05) is 5.41 Å². The van der Waals surface area contributed by atoms with Crippen molar-refractivity contribution in [3.63, 3.8) is 0 Å². The third kappa shape index (κ3) is 1.14. The lowest BCUT2D eigenvalue weighted by Crippen LogP contribution is -2.07. The Morgan fingerprint density at radius 2 is 2.27 bits per heavy atom. The second-order valence-electron chi connectivity index (χ2n) is 3.23. The van der Waals surface area contributed by atoms with Gasteiger partial charge >= 0.3 is 6.16 Å². The fourth-order valence-electron chi connectivity index (χ4n) is 1.15. The van der Waals surface area contributed by atoms with Crippen LogP contribution in [0.25, 0.3) is 0 Å².